The Labute approximate surface area is 145 Å². The van der Waals surface area contributed by atoms with Gasteiger partial charge in [-0.2, -0.15) is 5.10 Å². The first-order chi connectivity index (χ1) is 11.7. The Kier molecular flexibility index (Phi) is 4.22. The quantitative estimate of drug-likeness (QED) is 0.733. The molecule has 3 aromatic rings. The molecule has 1 fully saturated rings. The molecule has 1 aliphatic heterocycles. The lowest BCUT2D eigenvalue weighted by atomic mass is 10.1. The van der Waals surface area contributed by atoms with E-state index in [1.54, 1.807) is 6.20 Å². The average Bonchev–Trinajstić information content (AvgIpc) is 2.93. The highest BCUT2D eigenvalue weighted by molar-refractivity contribution is 6.35. The fourth-order valence-electron chi connectivity index (χ4n) is 3.29. The minimum Gasteiger partial charge on any atom is -0.371 e. The molecule has 0 unspecified atom stereocenters. The molecule has 124 valence electrons. The molecule has 6 heteroatoms. The number of rotatable bonds is 3. The van der Waals surface area contributed by atoms with Crippen molar-refractivity contribution < 1.29 is 4.74 Å². The van der Waals surface area contributed by atoms with Gasteiger partial charge in [0, 0.05) is 50.0 Å². The molecule has 0 spiro atoms. The van der Waals surface area contributed by atoms with Gasteiger partial charge in [0.15, 0.2) is 0 Å². The summed E-state index contributed by atoms with van der Waals surface area (Å²) in [5, 5.41) is 6.48. The second-order valence-corrected chi connectivity index (χ2v) is 6.49. The van der Waals surface area contributed by atoms with E-state index in [0.29, 0.717) is 6.61 Å². The van der Waals surface area contributed by atoms with E-state index in [0.717, 1.165) is 46.8 Å². The summed E-state index contributed by atoms with van der Waals surface area (Å²) in [5.74, 6) is 0. The summed E-state index contributed by atoms with van der Waals surface area (Å²) in [6.45, 7) is 3.19. The Balaban J connectivity index is 1.57. The lowest BCUT2D eigenvalue weighted by molar-refractivity contribution is -0.0333. The van der Waals surface area contributed by atoms with Crippen molar-refractivity contribution in [3.63, 3.8) is 0 Å². The molecule has 0 radical (unpaired) electrons. The summed E-state index contributed by atoms with van der Waals surface area (Å²) in [7, 11) is 1.96. The maximum Gasteiger partial charge on any atom is 0.0967 e. The molecule has 1 atom stereocenters. The average molecular weight is 343 g/mol. The fourth-order valence-corrected chi connectivity index (χ4v) is 3.57. The SMILES string of the molecule is Cn1nc(CN2CCO[C@@H](c3cccnc3)C2)c2c(Cl)cccc21. The van der Waals surface area contributed by atoms with Gasteiger partial charge in [0.05, 0.1) is 28.9 Å². The van der Waals surface area contributed by atoms with Crippen molar-refractivity contribution in [2.24, 2.45) is 7.05 Å². The molecule has 1 aromatic carbocycles. The van der Waals surface area contributed by atoms with Crippen LogP contribution in [-0.4, -0.2) is 39.4 Å². The lowest BCUT2D eigenvalue weighted by Crippen LogP contribution is -2.38. The van der Waals surface area contributed by atoms with Crippen LogP contribution in [0.15, 0.2) is 42.7 Å². The van der Waals surface area contributed by atoms with Crippen LogP contribution in [-0.2, 0) is 18.3 Å². The second kappa shape index (κ2) is 6.51. The Morgan fingerprint density at radius 1 is 1.29 bits per heavy atom. The Morgan fingerprint density at radius 3 is 3.04 bits per heavy atom. The number of aryl methyl sites for hydroxylation is 1. The fraction of sp³-hybridized carbons (Fsp3) is 0.333. The molecule has 0 aliphatic carbocycles. The topological polar surface area (TPSA) is 43.2 Å². The third-order valence-corrected chi connectivity index (χ3v) is 4.79. The number of aromatic nitrogens is 3. The Bertz CT molecular complexity index is 849. The molecular formula is C18H19ClN4O. The molecule has 1 aliphatic rings. The molecule has 1 saturated heterocycles. The van der Waals surface area contributed by atoms with Gasteiger partial charge < -0.3 is 4.74 Å². The van der Waals surface area contributed by atoms with Crippen LogP contribution < -0.4 is 0 Å². The number of ether oxygens (including phenoxy) is 1. The summed E-state index contributed by atoms with van der Waals surface area (Å²) >= 11 is 6.41. The zero-order valence-corrected chi connectivity index (χ0v) is 14.3. The number of hydrogen-bond donors (Lipinski definition) is 0. The van der Waals surface area contributed by atoms with Gasteiger partial charge in [-0.25, -0.2) is 0 Å². The van der Waals surface area contributed by atoms with Gasteiger partial charge in [0.2, 0.25) is 0 Å². The molecule has 3 heterocycles. The number of halogens is 1. The minimum absolute atomic E-state index is 0.0536. The lowest BCUT2D eigenvalue weighted by Gasteiger charge is -2.32. The van der Waals surface area contributed by atoms with Crippen LogP contribution in [0.2, 0.25) is 5.02 Å². The first-order valence-electron chi connectivity index (χ1n) is 8.06. The maximum atomic E-state index is 6.41. The molecular weight excluding hydrogens is 324 g/mol. The number of fused-ring (bicyclic) bond motifs is 1. The zero-order valence-electron chi connectivity index (χ0n) is 13.5. The second-order valence-electron chi connectivity index (χ2n) is 6.09. The third kappa shape index (κ3) is 2.90. The van der Waals surface area contributed by atoms with Crippen LogP contribution in [0.5, 0.6) is 0 Å². The number of morpholine rings is 1. The monoisotopic (exact) mass is 342 g/mol. The van der Waals surface area contributed by atoms with E-state index >= 15 is 0 Å². The summed E-state index contributed by atoms with van der Waals surface area (Å²) < 4.78 is 7.81. The van der Waals surface area contributed by atoms with Crippen molar-refractivity contribution >= 4 is 22.5 Å². The highest BCUT2D eigenvalue weighted by Crippen LogP contribution is 2.28. The van der Waals surface area contributed by atoms with Crippen molar-refractivity contribution in [1.29, 1.82) is 0 Å². The maximum absolute atomic E-state index is 6.41. The van der Waals surface area contributed by atoms with Crippen molar-refractivity contribution in [1.82, 2.24) is 19.7 Å². The van der Waals surface area contributed by atoms with E-state index < -0.39 is 0 Å². The normalized spacial score (nSPS) is 19.0. The molecule has 0 saturated carbocycles. The standard InChI is InChI=1S/C18H19ClN4O/c1-22-16-6-2-5-14(19)18(16)15(21-22)11-23-8-9-24-17(12-23)13-4-3-7-20-10-13/h2-7,10,17H,8-9,11-12H2,1H3/t17-/m1/s1. The van der Waals surface area contributed by atoms with E-state index in [9.17, 15) is 0 Å². The molecule has 0 N–H and O–H groups in total. The highest BCUT2D eigenvalue weighted by atomic mass is 35.5. The van der Waals surface area contributed by atoms with Gasteiger partial charge >= 0.3 is 0 Å². The first-order valence-corrected chi connectivity index (χ1v) is 8.44. The predicted molar refractivity (Wildman–Crippen MR) is 93.9 cm³/mol. The molecule has 0 bridgehead atoms. The van der Waals surface area contributed by atoms with Gasteiger partial charge in [0.25, 0.3) is 0 Å². The van der Waals surface area contributed by atoms with Crippen molar-refractivity contribution in [3.05, 3.63) is 59.0 Å². The highest BCUT2D eigenvalue weighted by Gasteiger charge is 2.24. The van der Waals surface area contributed by atoms with Crippen molar-refractivity contribution in [2.45, 2.75) is 12.6 Å². The number of nitrogens with zero attached hydrogens (tertiary/aromatic N) is 4. The van der Waals surface area contributed by atoms with Crippen LogP contribution in [0.4, 0.5) is 0 Å². The number of pyridine rings is 1. The Hall–Kier alpha value is -1.95. The van der Waals surface area contributed by atoms with Gasteiger partial charge in [0.1, 0.15) is 0 Å². The smallest absolute Gasteiger partial charge is 0.0967 e. The van der Waals surface area contributed by atoms with E-state index in [1.165, 1.54) is 0 Å². The minimum atomic E-state index is 0.0536. The van der Waals surface area contributed by atoms with Crippen LogP contribution >= 0.6 is 11.6 Å². The van der Waals surface area contributed by atoms with Crippen LogP contribution in [0, 0.1) is 0 Å². The first kappa shape index (κ1) is 15.6. The molecule has 4 rings (SSSR count). The molecule has 24 heavy (non-hydrogen) atoms. The largest absolute Gasteiger partial charge is 0.371 e. The van der Waals surface area contributed by atoms with Gasteiger partial charge in [-0.15, -0.1) is 0 Å². The van der Waals surface area contributed by atoms with Gasteiger partial charge in [-0.05, 0) is 18.2 Å². The van der Waals surface area contributed by atoms with E-state index in [4.69, 9.17) is 16.3 Å². The zero-order chi connectivity index (χ0) is 16.5. The van der Waals surface area contributed by atoms with E-state index in [-0.39, 0.29) is 6.10 Å². The Morgan fingerprint density at radius 2 is 2.21 bits per heavy atom. The van der Waals surface area contributed by atoms with Crippen LogP contribution in [0.3, 0.4) is 0 Å². The molecule has 0 amide bonds. The van der Waals surface area contributed by atoms with E-state index in [1.807, 2.05) is 36.1 Å². The summed E-state index contributed by atoms with van der Waals surface area (Å²) in [6.07, 6.45) is 3.71. The van der Waals surface area contributed by atoms with E-state index in [2.05, 4.69) is 27.1 Å². The van der Waals surface area contributed by atoms with Crippen molar-refractivity contribution in [3.8, 4) is 0 Å². The summed E-state index contributed by atoms with van der Waals surface area (Å²) in [4.78, 5) is 6.56. The van der Waals surface area contributed by atoms with Crippen LogP contribution in [0.1, 0.15) is 17.4 Å². The van der Waals surface area contributed by atoms with Gasteiger partial charge in [-0.3, -0.25) is 14.6 Å². The molecule has 5 nitrogen and oxygen atoms in total. The van der Waals surface area contributed by atoms with Crippen molar-refractivity contribution in [2.75, 3.05) is 19.7 Å². The number of benzene rings is 1. The number of hydrogen-bond acceptors (Lipinski definition) is 4. The third-order valence-electron chi connectivity index (χ3n) is 4.48. The molecule has 2 aromatic heterocycles. The summed E-state index contributed by atoms with van der Waals surface area (Å²) in [5.41, 5.74) is 3.20. The van der Waals surface area contributed by atoms with Crippen LogP contribution in [0.25, 0.3) is 10.9 Å². The van der Waals surface area contributed by atoms with Gasteiger partial charge in [-0.1, -0.05) is 23.7 Å². The predicted octanol–water partition coefficient (Wildman–Crippen LogP) is 3.20. The summed E-state index contributed by atoms with van der Waals surface area (Å²) in [6, 6.07) is 9.95.